The van der Waals surface area contributed by atoms with Gasteiger partial charge in [0.1, 0.15) is 11.5 Å². The molecule has 0 aliphatic carbocycles. The first-order valence-electron chi connectivity index (χ1n) is 6.62. The average Bonchev–Trinajstić information content (AvgIpc) is 2.56. The Morgan fingerprint density at radius 3 is 1.27 bits per heavy atom. The van der Waals surface area contributed by atoms with Crippen molar-refractivity contribution >= 4 is 12.2 Å². The van der Waals surface area contributed by atoms with Gasteiger partial charge in [0.15, 0.2) is 0 Å². The zero-order valence-corrected chi connectivity index (χ0v) is 12.3. The monoisotopic (exact) mass is 300 g/mol. The lowest BCUT2D eigenvalue weighted by Gasteiger charge is -2.07. The lowest BCUT2D eigenvalue weighted by atomic mass is 10.1. The van der Waals surface area contributed by atoms with Crippen LogP contribution in [0.25, 0.3) is 11.1 Å². The van der Waals surface area contributed by atoms with E-state index in [1.807, 2.05) is 24.3 Å². The summed E-state index contributed by atoms with van der Waals surface area (Å²) in [6, 6.07) is 14.2. The van der Waals surface area contributed by atoms with Crippen LogP contribution in [0.4, 0.5) is 9.59 Å². The lowest BCUT2D eigenvalue weighted by Crippen LogP contribution is -2.22. The smallest absolute Gasteiger partial charge is 0.410 e. The van der Waals surface area contributed by atoms with Crippen molar-refractivity contribution in [2.75, 3.05) is 14.1 Å². The van der Waals surface area contributed by atoms with Gasteiger partial charge in [0, 0.05) is 14.1 Å². The highest BCUT2D eigenvalue weighted by molar-refractivity contribution is 5.72. The molecule has 2 aromatic rings. The number of ether oxygens (including phenoxy) is 2. The van der Waals surface area contributed by atoms with Crippen LogP contribution < -0.4 is 20.1 Å². The maximum atomic E-state index is 11.1. The van der Waals surface area contributed by atoms with Crippen molar-refractivity contribution in [3.63, 3.8) is 0 Å². The number of carbonyl (C=O) groups is 2. The molecule has 0 fully saturated rings. The molecule has 0 heterocycles. The molecule has 2 amide bonds. The number of amides is 2. The Morgan fingerprint density at radius 2 is 1.00 bits per heavy atom. The van der Waals surface area contributed by atoms with Crippen molar-refractivity contribution in [1.82, 2.24) is 10.6 Å². The second-order valence-electron chi connectivity index (χ2n) is 4.33. The Morgan fingerprint density at radius 1 is 0.682 bits per heavy atom. The standard InChI is InChI=1S/C16H16N2O4/c1-17-15(19)21-13-7-3-11(4-8-13)12-5-9-14(10-6-12)22-16(20)18-2/h3-10H,1-2H3,(H,17,19)(H,18,20). The van der Waals surface area contributed by atoms with Crippen molar-refractivity contribution in [3.8, 4) is 22.6 Å². The maximum Gasteiger partial charge on any atom is 0.412 e. The number of benzene rings is 2. The van der Waals surface area contributed by atoms with Gasteiger partial charge < -0.3 is 20.1 Å². The fourth-order valence-electron chi connectivity index (χ4n) is 1.75. The van der Waals surface area contributed by atoms with Gasteiger partial charge in [0.2, 0.25) is 0 Å². The van der Waals surface area contributed by atoms with E-state index in [0.29, 0.717) is 11.5 Å². The van der Waals surface area contributed by atoms with E-state index in [-0.39, 0.29) is 0 Å². The minimum Gasteiger partial charge on any atom is -0.410 e. The van der Waals surface area contributed by atoms with Gasteiger partial charge in [-0.1, -0.05) is 24.3 Å². The highest BCUT2D eigenvalue weighted by atomic mass is 16.6. The van der Waals surface area contributed by atoms with E-state index in [9.17, 15) is 9.59 Å². The van der Waals surface area contributed by atoms with Crippen molar-refractivity contribution in [2.45, 2.75) is 0 Å². The van der Waals surface area contributed by atoms with Crippen molar-refractivity contribution in [2.24, 2.45) is 0 Å². The normalized spacial score (nSPS) is 9.73. The molecule has 0 bridgehead atoms. The Labute approximate surface area is 128 Å². The highest BCUT2D eigenvalue weighted by Gasteiger charge is 2.04. The SMILES string of the molecule is CNC(=O)Oc1ccc(-c2ccc(OC(=O)NC)cc2)cc1. The molecule has 0 unspecified atom stereocenters. The summed E-state index contributed by atoms with van der Waals surface area (Å²) in [5, 5.41) is 4.76. The number of rotatable bonds is 3. The van der Waals surface area contributed by atoms with Crippen LogP contribution in [0.15, 0.2) is 48.5 Å². The van der Waals surface area contributed by atoms with Gasteiger partial charge in [-0.25, -0.2) is 9.59 Å². The number of nitrogens with one attached hydrogen (secondary N) is 2. The van der Waals surface area contributed by atoms with Crippen LogP contribution in [0, 0.1) is 0 Å². The van der Waals surface area contributed by atoms with Crippen LogP contribution in [-0.4, -0.2) is 26.3 Å². The summed E-state index contributed by atoms with van der Waals surface area (Å²) < 4.78 is 10.0. The first kappa shape index (κ1) is 15.4. The van der Waals surface area contributed by atoms with Gasteiger partial charge in [-0.05, 0) is 35.4 Å². The molecule has 0 saturated carbocycles. The third-order valence-electron chi connectivity index (χ3n) is 2.87. The summed E-state index contributed by atoms with van der Waals surface area (Å²) in [4.78, 5) is 22.2. The zero-order chi connectivity index (χ0) is 15.9. The molecule has 2 N–H and O–H groups in total. The molecule has 0 spiro atoms. The predicted molar refractivity (Wildman–Crippen MR) is 82.0 cm³/mol. The van der Waals surface area contributed by atoms with Gasteiger partial charge in [-0.15, -0.1) is 0 Å². The summed E-state index contributed by atoms with van der Waals surface area (Å²) >= 11 is 0. The topological polar surface area (TPSA) is 76.7 Å². The van der Waals surface area contributed by atoms with Gasteiger partial charge >= 0.3 is 12.2 Å². The number of hydrogen-bond donors (Lipinski definition) is 2. The van der Waals surface area contributed by atoms with E-state index in [2.05, 4.69) is 10.6 Å². The van der Waals surface area contributed by atoms with Crippen LogP contribution in [0.3, 0.4) is 0 Å². The summed E-state index contributed by atoms with van der Waals surface area (Å²) in [5.41, 5.74) is 1.91. The van der Waals surface area contributed by atoms with Crippen LogP contribution in [0.2, 0.25) is 0 Å². The first-order valence-corrected chi connectivity index (χ1v) is 6.62. The molecule has 0 aliphatic rings. The minimum absolute atomic E-state index is 0.461. The van der Waals surface area contributed by atoms with E-state index in [4.69, 9.17) is 9.47 Å². The number of carbonyl (C=O) groups excluding carboxylic acids is 2. The Kier molecular flexibility index (Phi) is 4.98. The summed E-state index contributed by atoms with van der Waals surface area (Å²) in [7, 11) is 3.00. The fourth-order valence-corrected chi connectivity index (χ4v) is 1.75. The molecular weight excluding hydrogens is 284 g/mol. The second-order valence-corrected chi connectivity index (χ2v) is 4.33. The molecule has 22 heavy (non-hydrogen) atoms. The van der Waals surface area contributed by atoms with Crippen molar-refractivity contribution in [1.29, 1.82) is 0 Å². The minimum atomic E-state index is -0.511. The lowest BCUT2D eigenvalue weighted by molar-refractivity contribution is 0.202. The van der Waals surface area contributed by atoms with E-state index in [1.165, 1.54) is 14.1 Å². The van der Waals surface area contributed by atoms with E-state index >= 15 is 0 Å². The second kappa shape index (κ2) is 7.12. The van der Waals surface area contributed by atoms with Crippen LogP contribution in [-0.2, 0) is 0 Å². The fraction of sp³-hybridized carbons (Fsp3) is 0.125. The maximum absolute atomic E-state index is 11.1. The Bertz CT molecular complexity index is 591. The molecule has 2 rings (SSSR count). The predicted octanol–water partition coefficient (Wildman–Crippen LogP) is 2.79. The quantitative estimate of drug-likeness (QED) is 0.914. The van der Waals surface area contributed by atoms with Crippen LogP contribution in [0.5, 0.6) is 11.5 Å². The van der Waals surface area contributed by atoms with E-state index in [1.54, 1.807) is 24.3 Å². The summed E-state index contributed by atoms with van der Waals surface area (Å²) in [5.74, 6) is 0.922. The molecule has 0 saturated heterocycles. The average molecular weight is 300 g/mol. The third kappa shape index (κ3) is 3.99. The molecule has 6 nitrogen and oxygen atoms in total. The van der Waals surface area contributed by atoms with E-state index < -0.39 is 12.2 Å². The van der Waals surface area contributed by atoms with Gasteiger partial charge in [-0.2, -0.15) is 0 Å². The van der Waals surface area contributed by atoms with E-state index in [0.717, 1.165) is 11.1 Å². The third-order valence-corrected chi connectivity index (χ3v) is 2.87. The largest absolute Gasteiger partial charge is 0.412 e. The molecule has 0 atom stereocenters. The molecule has 0 radical (unpaired) electrons. The molecule has 0 aromatic heterocycles. The number of hydrogen-bond acceptors (Lipinski definition) is 4. The molecular formula is C16H16N2O4. The Hall–Kier alpha value is -3.02. The van der Waals surface area contributed by atoms with Crippen molar-refractivity contribution < 1.29 is 19.1 Å². The van der Waals surface area contributed by atoms with Crippen LogP contribution in [0.1, 0.15) is 0 Å². The van der Waals surface area contributed by atoms with Gasteiger partial charge in [0.05, 0.1) is 0 Å². The molecule has 2 aromatic carbocycles. The van der Waals surface area contributed by atoms with Gasteiger partial charge in [-0.3, -0.25) is 0 Å². The van der Waals surface area contributed by atoms with Gasteiger partial charge in [0.25, 0.3) is 0 Å². The molecule has 114 valence electrons. The van der Waals surface area contributed by atoms with Crippen LogP contribution >= 0.6 is 0 Å². The molecule has 6 heteroatoms. The first-order chi connectivity index (χ1) is 10.6. The summed E-state index contributed by atoms with van der Waals surface area (Å²) in [6.45, 7) is 0. The summed E-state index contributed by atoms with van der Waals surface area (Å²) in [6.07, 6.45) is -1.02. The van der Waals surface area contributed by atoms with Crippen molar-refractivity contribution in [3.05, 3.63) is 48.5 Å². The Balaban J connectivity index is 2.08. The highest BCUT2D eigenvalue weighted by Crippen LogP contribution is 2.24. The zero-order valence-electron chi connectivity index (χ0n) is 12.3. The molecule has 0 aliphatic heterocycles.